The molecule has 5 nitrogen and oxygen atoms in total. The molecule has 0 heterocycles. The average molecular weight is 275 g/mol. The molecule has 0 saturated carbocycles. The summed E-state index contributed by atoms with van der Waals surface area (Å²) in [4.78, 5) is 10.8. The van der Waals surface area contributed by atoms with Crippen LogP contribution in [0.5, 0.6) is 0 Å². The van der Waals surface area contributed by atoms with E-state index in [4.69, 9.17) is 28.0 Å². The second-order valence-corrected chi connectivity index (χ2v) is 4.04. The smallest absolute Gasteiger partial charge is 0.221 e. The van der Waals surface area contributed by atoms with Gasteiger partial charge in [-0.15, -0.1) is 0 Å². The van der Waals surface area contributed by atoms with Crippen LogP contribution < -0.4 is 11.1 Å². The molecule has 1 aromatic carbocycles. The number of ether oxygens (including phenoxy) is 1. The molecule has 1 rings (SSSR count). The lowest BCUT2D eigenvalue weighted by Crippen LogP contribution is -2.29. The van der Waals surface area contributed by atoms with Gasteiger partial charge in [0.1, 0.15) is 23.2 Å². The number of nitrogens with two attached hydrogens (primary N) is 1. The number of nitrogens with one attached hydrogen (secondary N) is 1. The van der Waals surface area contributed by atoms with Gasteiger partial charge >= 0.3 is 0 Å². The monoisotopic (exact) mass is 275 g/mol. The Morgan fingerprint density at radius 1 is 1.47 bits per heavy atom. The van der Waals surface area contributed by atoms with Crippen molar-refractivity contribution in [1.82, 2.24) is 5.32 Å². The van der Waals surface area contributed by atoms with Crippen LogP contribution in [0, 0.1) is 11.3 Å². The van der Waals surface area contributed by atoms with Gasteiger partial charge in [0.05, 0.1) is 0 Å². The van der Waals surface area contributed by atoms with E-state index in [1.165, 1.54) is 6.92 Å². The van der Waals surface area contributed by atoms with Crippen LogP contribution in [0.3, 0.4) is 0 Å². The molecule has 6 heteroatoms. The van der Waals surface area contributed by atoms with Crippen molar-refractivity contribution < 1.29 is 9.53 Å². The van der Waals surface area contributed by atoms with Gasteiger partial charge in [-0.1, -0.05) is 42.5 Å². The van der Waals surface area contributed by atoms with Gasteiger partial charge in [-0.25, -0.2) is 0 Å². The van der Waals surface area contributed by atoms with Gasteiger partial charge in [0, 0.05) is 6.92 Å². The number of nitrogens with zero attached hydrogens (tertiary/aromatic N) is 1. The van der Waals surface area contributed by atoms with Crippen molar-refractivity contribution in [1.29, 1.82) is 5.26 Å². The largest absolute Gasteiger partial charge is 0.473 e. The van der Waals surface area contributed by atoms with Gasteiger partial charge < -0.3 is 15.8 Å². The summed E-state index contributed by atoms with van der Waals surface area (Å²) in [7, 11) is 0. The molecule has 0 fully saturated rings. The second kappa shape index (κ2) is 7.13. The van der Waals surface area contributed by atoms with Crippen LogP contribution >= 0.6 is 12.2 Å². The zero-order valence-electron chi connectivity index (χ0n) is 10.3. The lowest BCUT2D eigenvalue weighted by Gasteiger charge is -2.09. The van der Waals surface area contributed by atoms with Crippen molar-refractivity contribution in [3.8, 4) is 6.07 Å². The number of carbonyl (C=O) groups is 1. The van der Waals surface area contributed by atoms with Crippen molar-refractivity contribution in [2.45, 2.75) is 13.5 Å². The maximum atomic E-state index is 10.9. The lowest BCUT2D eigenvalue weighted by molar-refractivity contribution is -0.117. The van der Waals surface area contributed by atoms with E-state index in [2.05, 4.69) is 5.32 Å². The first kappa shape index (κ1) is 14.7. The first-order chi connectivity index (χ1) is 9.04. The molecule has 0 aliphatic carbocycles. The van der Waals surface area contributed by atoms with Crippen LogP contribution in [0.4, 0.5) is 0 Å². The fraction of sp³-hybridized carbons (Fsp3) is 0.154. The minimum absolute atomic E-state index is 0.0411. The molecule has 1 amide bonds. The molecule has 0 unspecified atom stereocenters. The summed E-state index contributed by atoms with van der Waals surface area (Å²) in [6.45, 7) is 1.52. The minimum Gasteiger partial charge on any atom is -0.473 e. The molecule has 0 atom stereocenters. The summed E-state index contributed by atoms with van der Waals surface area (Å²) in [5.41, 5.74) is 6.50. The Morgan fingerprint density at radius 2 is 2.11 bits per heavy atom. The van der Waals surface area contributed by atoms with Crippen molar-refractivity contribution in [3.05, 3.63) is 47.4 Å². The number of benzene rings is 1. The highest BCUT2D eigenvalue weighted by Gasteiger charge is 2.12. The maximum absolute atomic E-state index is 10.9. The van der Waals surface area contributed by atoms with Crippen LogP contribution in [0.25, 0.3) is 0 Å². The number of hydrogen-bond acceptors (Lipinski definition) is 5. The summed E-state index contributed by atoms with van der Waals surface area (Å²) < 4.78 is 5.28. The molecule has 0 aromatic heterocycles. The third kappa shape index (κ3) is 4.77. The number of amides is 1. The zero-order chi connectivity index (χ0) is 14.3. The molecule has 98 valence electrons. The topological polar surface area (TPSA) is 88.1 Å². The first-order valence-electron chi connectivity index (χ1n) is 5.43. The number of hydrogen-bond donors (Lipinski definition) is 2. The molecule has 0 radical (unpaired) electrons. The number of carbonyl (C=O) groups excluding carboxylic acids is 1. The summed E-state index contributed by atoms with van der Waals surface area (Å²) in [6.07, 6.45) is 0. The fourth-order valence-electron chi connectivity index (χ4n) is 1.25. The minimum atomic E-state index is -0.367. The number of nitriles is 1. The van der Waals surface area contributed by atoms with Gasteiger partial charge in [0.2, 0.25) is 11.8 Å². The molecule has 19 heavy (non-hydrogen) atoms. The molecule has 0 bridgehead atoms. The van der Waals surface area contributed by atoms with E-state index in [9.17, 15) is 4.79 Å². The second-order valence-electron chi connectivity index (χ2n) is 3.64. The van der Waals surface area contributed by atoms with Crippen LogP contribution in [-0.4, -0.2) is 10.9 Å². The summed E-state index contributed by atoms with van der Waals surface area (Å²) in [5, 5.41) is 11.3. The average Bonchev–Trinajstić information content (AvgIpc) is 2.37. The quantitative estimate of drug-likeness (QED) is 0.375. The Labute approximate surface area is 116 Å². The van der Waals surface area contributed by atoms with Gasteiger partial charge in [-0.05, 0) is 5.56 Å². The highest BCUT2D eigenvalue weighted by Crippen LogP contribution is 2.07. The summed E-state index contributed by atoms with van der Waals surface area (Å²) in [5.74, 6) is -0.473. The molecule has 0 aliphatic heterocycles. The van der Waals surface area contributed by atoms with Gasteiger partial charge in [-0.2, -0.15) is 5.26 Å². The fourth-order valence-corrected chi connectivity index (χ4v) is 1.54. The van der Waals surface area contributed by atoms with Crippen molar-refractivity contribution in [2.75, 3.05) is 0 Å². The Kier molecular flexibility index (Phi) is 5.51. The normalized spacial score (nSPS) is 10.9. The molecular formula is C13H13N3O2S. The first-order valence-corrected chi connectivity index (χ1v) is 5.84. The third-order valence-electron chi connectivity index (χ3n) is 2.11. The van der Waals surface area contributed by atoms with Gasteiger partial charge in [0.25, 0.3) is 0 Å². The van der Waals surface area contributed by atoms with Gasteiger partial charge in [-0.3, -0.25) is 4.79 Å². The van der Waals surface area contributed by atoms with E-state index in [1.54, 1.807) is 0 Å². The van der Waals surface area contributed by atoms with E-state index < -0.39 is 0 Å². The van der Waals surface area contributed by atoms with Crippen LogP contribution in [0.15, 0.2) is 41.8 Å². The van der Waals surface area contributed by atoms with Crippen molar-refractivity contribution in [2.24, 2.45) is 5.73 Å². The molecule has 3 N–H and O–H groups in total. The maximum Gasteiger partial charge on any atom is 0.221 e. The van der Waals surface area contributed by atoms with Crippen LogP contribution in [0.2, 0.25) is 0 Å². The SMILES string of the molecule is CC(=O)NC(=S)C(C#N)=C(N)OCc1ccccc1. The Hall–Kier alpha value is -2.39. The van der Waals surface area contributed by atoms with E-state index in [1.807, 2.05) is 36.4 Å². The molecule has 1 aromatic rings. The predicted octanol–water partition coefficient (Wildman–Crippen LogP) is 1.36. The molecule has 0 spiro atoms. The van der Waals surface area contributed by atoms with Crippen LogP contribution in [-0.2, 0) is 16.1 Å². The van der Waals surface area contributed by atoms with E-state index in [0.29, 0.717) is 0 Å². The van der Waals surface area contributed by atoms with E-state index >= 15 is 0 Å². The Bertz CT molecular complexity index is 547. The van der Waals surface area contributed by atoms with Gasteiger partial charge in [0.15, 0.2) is 0 Å². The standard InChI is InChI=1S/C13H13N3O2S/c1-9(17)16-13(19)11(7-14)12(15)18-8-10-5-3-2-4-6-10/h2-6H,8,15H2,1H3,(H,16,17,19). The number of rotatable bonds is 4. The predicted molar refractivity (Wildman–Crippen MR) is 74.5 cm³/mol. The van der Waals surface area contributed by atoms with Crippen molar-refractivity contribution >= 4 is 23.1 Å². The molecule has 0 saturated heterocycles. The van der Waals surface area contributed by atoms with E-state index in [-0.39, 0.29) is 29.0 Å². The molecular weight excluding hydrogens is 262 g/mol. The van der Waals surface area contributed by atoms with Crippen molar-refractivity contribution in [3.63, 3.8) is 0 Å². The third-order valence-corrected chi connectivity index (χ3v) is 2.42. The highest BCUT2D eigenvalue weighted by atomic mass is 32.1. The molecule has 0 aliphatic rings. The summed E-state index contributed by atoms with van der Waals surface area (Å²) >= 11 is 4.89. The lowest BCUT2D eigenvalue weighted by atomic mass is 10.2. The van der Waals surface area contributed by atoms with Crippen LogP contribution in [0.1, 0.15) is 12.5 Å². The number of thiocarbonyl (C=S) groups is 1. The Morgan fingerprint density at radius 3 is 2.63 bits per heavy atom. The summed E-state index contributed by atoms with van der Waals surface area (Å²) in [6, 6.07) is 11.2. The Balaban J connectivity index is 2.74. The highest BCUT2D eigenvalue weighted by molar-refractivity contribution is 7.80. The van der Waals surface area contributed by atoms with E-state index in [0.717, 1.165) is 5.56 Å². The zero-order valence-corrected chi connectivity index (χ0v) is 11.2.